The Morgan fingerprint density at radius 3 is 2.02 bits per heavy atom. The number of hydrogen-bond acceptors (Lipinski definition) is 8. The van der Waals surface area contributed by atoms with Gasteiger partial charge in [0.1, 0.15) is 11.8 Å². The van der Waals surface area contributed by atoms with E-state index in [2.05, 4.69) is 0 Å². The fourth-order valence-corrected chi connectivity index (χ4v) is 9.65. The molecule has 0 aromatic rings. The number of likely N-dealkylation sites (tertiary alicyclic amines) is 2. The average Bonchev–Trinajstić information content (AvgIpc) is 3.64. The lowest BCUT2D eigenvalue weighted by molar-refractivity contribution is -0.149. The number of thioether (sulfide) groups is 1. The molecule has 5 atom stereocenters. The number of carboxylic acids is 1. The Bertz CT molecular complexity index is 917. The molecule has 8 nitrogen and oxygen atoms in total. The zero-order valence-corrected chi connectivity index (χ0v) is 28.6. The van der Waals surface area contributed by atoms with Gasteiger partial charge in [-0.15, -0.1) is 0 Å². The van der Waals surface area contributed by atoms with Crippen LogP contribution in [0.15, 0.2) is 0 Å². The first-order valence-electron chi connectivity index (χ1n) is 15.7. The van der Waals surface area contributed by atoms with Gasteiger partial charge in [-0.05, 0) is 64.0 Å². The minimum Gasteiger partial charge on any atom is -0.480 e. The molecule has 2 rings (SSSR count). The van der Waals surface area contributed by atoms with Crippen molar-refractivity contribution >= 4 is 62.7 Å². The molecule has 0 bridgehead atoms. The second kappa shape index (κ2) is 19.2. The second-order valence-electron chi connectivity index (χ2n) is 12.2. The maximum Gasteiger partial charge on any atom is 0.326 e. The third kappa shape index (κ3) is 12.1. The van der Waals surface area contributed by atoms with Gasteiger partial charge in [-0.3, -0.25) is 19.2 Å². The Balaban J connectivity index is 1.78. The van der Waals surface area contributed by atoms with Crippen LogP contribution in [0.2, 0.25) is 0 Å². The smallest absolute Gasteiger partial charge is 0.326 e. The number of unbranched alkanes of at least 4 members (excludes halogenated alkanes) is 1. The Labute approximate surface area is 265 Å². The molecule has 0 aromatic carbocycles. The highest BCUT2D eigenvalue weighted by Crippen LogP contribution is 2.31. The van der Waals surface area contributed by atoms with Crippen LogP contribution in [0.4, 0.5) is 0 Å². The Morgan fingerprint density at radius 2 is 1.40 bits per heavy atom. The first-order chi connectivity index (χ1) is 19.9. The van der Waals surface area contributed by atoms with E-state index in [1.54, 1.807) is 33.4 Å². The standard InChI is InChI=1S/C31H52N2O6S3/c1-21(2)28(35)13-7-6-10-25(40-18-14-22(3)29(36)32-16-8-11-26(32)24(5)34)15-19-41-42-20-23(4)30(37)33-17-9-12-27(33)31(38)39/h21-23,25-27H,6-20H2,1-5H3,(H,38,39). The molecule has 2 saturated heterocycles. The van der Waals surface area contributed by atoms with Crippen molar-refractivity contribution in [3.63, 3.8) is 0 Å². The van der Waals surface area contributed by atoms with Gasteiger partial charge in [0.15, 0.2) is 5.78 Å². The minimum atomic E-state index is -0.915. The fourth-order valence-electron chi connectivity index (χ4n) is 5.57. The van der Waals surface area contributed by atoms with Crippen molar-refractivity contribution in [2.75, 3.05) is 30.3 Å². The molecule has 5 unspecified atom stereocenters. The van der Waals surface area contributed by atoms with Crippen LogP contribution in [-0.4, -0.2) is 91.9 Å². The maximum atomic E-state index is 13.0. The Morgan fingerprint density at radius 1 is 0.786 bits per heavy atom. The molecule has 0 saturated carbocycles. The number of nitrogens with zero attached hydrogens (tertiary/aromatic N) is 2. The topological polar surface area (TPSA) is 112 Å². The molecule has 2 heterocycles. The van der Waals surface area contributed by atoms with Crippen LogP contribution in [-0.2, 0) is 24.0 Å². The van der Waals surface area contributed by atoms with Crippen LogP contribution in [0.3, 0.4) is 0 Å². The third-order valence-electron chi connectivity index (χ3n) is 8.34. The molecule has 240 valence electrons. The average molecular weight is 645 g/mol. The van der Waals surface area contributed by atoms with Crippen molar-refractivity contribution in [3.05, 3.63) is 0 Å². The first-order valence-corrected chi connectivity index (χ1v) is 19.2. The number of carboxylic acid groups (broad SMARTS) is 1. The summed E-state index contributed by atoms with van der Waals surface area (Å²) in [5, 5.41) is 9.82. The van der Waals surface area contributed by atoms with Gasteiger partial charge in [0, 0.05) is 54.0 Å². The molecule has 11 heteroatoms. The van der Waals surface area contributed by atoms with Gasteiger partial charge in [-0.25, -0.2) is 4.79 Å². The number of carbonyl (C=O) groups excluding carboxylic acids is 4. The highest BCUT2D eigenvalue weighted by molar-refractivity contribution is 8.76. The quantitative estimate of drug-likeness (QED) is 0.127. The predicted octanol–water partition coefficient (Wildman–Crippen LogP) is 5.96. The number of carbonyl (C=O) groups is 5. The zero-order valence-electron chi connectivity index (χ0n) is 26.2. The monoisotopic (exact) mass is 644 g/mol. The van der Waals surface area contributed by atoms with Crippen molar-refractivity contribution in [2.24, 2.45) is 17.8 Å². The van der Waals surface area contributed by atoms with Gasteiger partial charge in [-0.2, -0.15) is 11.8 Å². The van der Waals surface area contributed by atoms with Gasteiger partial charge in [0.2, 0.25) is 11.8 Å². The number of Topliss-reactive ketones (excluding diaryl/α,β-unsaturated/α-hetero) is 2. The lowest BCUT2D eigenvalue weighted by atomic mass is 10.0. The Kier molecular flexibility index (Phi) is 16.9. The Hall–Kier alpha value is -1.20. The summed E-state index contributed by atoms with van der Waals surface area (Å²) in [6.07, 6.45) is 8.29. The van der Waals surface area contributed by atoms with Gasteiger partial charge in [-0.1, -0.05) is 55.7 Å². The van der Waals surface area contributed by atoms with E-state index in [-0.39, 0.29) is 41.4 Å². The number of rotatable bonds is 20. The highest BCUT2D eigenvalue weighted by atomic mass is 33.1. The molecular formula is C31H52N2O6S3. The molecule has 2 aliphatic rings. The molecule has 0 radical (unpaired) electrons. The number of aliphatic carboxylic acids is 1. The van der Waals surface area contributed by atoms with Crippen LogP contribution in [0.1, 0.15) is 98.8 Å². The summed E-state index contributed by atoms with van der Waals surface area (Å²) in [4.78, 5) is 64.6. The third-order valence-corrected chi connectivity index (χ3v) is 12.4. The van der Waals surface area contributed by atoms with Crippen LogP contribution >= 0.6 is 33.3 Å². The summed E-state index contributed by atoms with van der Waals surface area (Å²) >= 11 is 1.91. The molecule has 2 amide bonds. The van der Waals surface area contributed by atoms with Crippen LogP contribution < -0.4 is 0 Å². The molecule has 2 aliphatic heterocycles. The predicted molar refractivity (Wildman–Crippen MR) is 175 cm³/mol. The molecule has 2 fully saturated rings. The van der Waals surface area contributed by atoms with Crippen LogP contribution in [0, 0.1) is 17.8 Å². The van der Waals surface area contributed by atoms with Gasteiger partial charge in [0.05, 0.1) is 6.04 Å². The molecule has 1 N–H and O–H groups in total. The van der Waals surface area contributed by atoms with Crippen molar-refractivity contribution in [1.29, 1.82) is 0 Å². The summed E-state index contributed by atoms with van der Waals surface area (Å²) in [6.45, 7) is 10.5. The number of amides is 2. The normalized spacial score (nSPS) is 21.0. The molecule has 42 heavy (non-hydrogen) atoms. The molecular weight excluding hydrogens is 593 g/mol. The highest BCUT2D eigenvalue weighted by Gasteiger charge is 2.36. The van der Waals surface area contributed by atoms with E-state index in [4.69, 9.17) is 0 Å². The van der Waals surface area contributed by atoms with E-state index < -0.39 is 12.0 Å². The largest absolute Gasteiger partial charge is 0.480 e. The van der Waals surface area contributed by atoms with Crippen molar-refractivity contribution in [2.45, 2.75) is 116 Å². The summed E-state index contributed by atoms with van der Waals surface area (Å²) in [6, 6.07) is -0.939. The van der Waals surface area contributed by atoms with Crippen molar-refractivity contribution in [1.82, 2.24) is 9.80 Å². The van der Waals surface area contributed by atoms with Gasteiger partial charge in [0.25, 0.3) is 0 Å². The summed E-state index contributed by atoms with van der Waals surface area (Å²) in [5.74, 6) is 1.73. The molecule has 0 spiro atoms. The number of ketones is 2. The maximum absolute atomic E-state index is 13.0. The summed E-state index contributed by atoms with van der Waals surface area (Å²) in [5.41, 5.74) is 0. The van der Waals surface area contributed by atoms with Gasteiger partial charge < -0.3 is 14.9 Å². The zero-order chi connectivity index (χ0) is 31.2. The van der Waals surface area contributed by atoms with E-state index in [1.807, 2.05) is 39.5 Å². The molecule has 0 aromatic heterocycles. The molecule has 0 aliphatic carbocycles. The lowest BCUT2D eigenvalue weighted by Crippen LogP contribution is -2.43. The van der Waals surface area contributed by atoms with Gasteiger partial charge >= 0.3 is 5.97 Å². The van der Waals surface area contributed by atoms with E-state index >= 15 is 0 Å². The second-order valence-corrected chi connectivity index (χ2v) is 16.2. The van der Waals surface area contributed by atoms with Crippen molar-refractivity contribution in [3.8, 4) is 0 Å². The fraction of sp³-hybridized carbons (Fsp3) is 0.839. The van der Waals surface area contributed by atoms with Crippen molar-refractivity contribution < 1.29 is 29.1 Å². The van der Waals surface area contributed by atoms with Crippen LogP contribution in [0.5, 0.6) is 0 Å². The van der Waals surface area contributed by atoms with E-state index in [9.17, 15) is 29.1 Å². The van der Waals surface area contributed by atoms with E-state index in [0.29, 0.717) is 42.7 Å². The van der Waals surface area contributed by atoms with E-state index in [0.717, 1.165) is 62.9 Å². The SMILES string of the molecule is CC(=O)C1CCCN1C(=O)C(C)CCSC(CCCCC(=O)C(C)C)CCSSCC(C)C(=O)N1CCCC1C(=O)O. The van der Waals surface area contributed by atoms with E-state index in [1.165, 1.54) is 4.90 Å². The summed E-state index contributed by atoms with van der Waals surface area (Å²) < 4.78 is 0. The first kappa shape index (κ1) is 37.0. The summed E-state index contributed by atoms with van der Waals surface area (Å²) in [7, 11) is 3.43. The van der Waals surface area contributed by atoms with Crippen LogP contribution in [0.25, 0.3) is 0 Å². The lowest BCUT2D eigenvalue weighted by Gasteiger charge is -2.26. The minimum absolute atomic E-state index is 0.0652. The number of hydrogen-bond donors (Lipinski definition) is 1.